The Bertz CT molecular complexity index is 579. The zero-order valence-corrected chi connectivity index (χ0v) is 14.0. The van der Waals surface area contributed by atoms with Crippen LogP contribution in [0.1, 0.15) is 32.5 Å². The zero-order valence-electron chi connectivity index (χ0n) is 10.8. The largest absolute Gasteiger partial charge is 0.334 e. The van der Waals surface area contributed by atoms with Gasteiger partial charge in [-0.2, -0.15) is 4.98 Å². The van der Waals surface area contributed by atoms with Crippen molar-refractivity contribution in [2.75, 3.05) is 0 Å². The summed E-state index contributed by atoms with van der Waals surface area (Å²) in [6.07, 6.45) is 1.54. The van der Waals surface area contributed by atoms with Gasteiger partial charge in [0, 0.05) is 8.95 Å². The summed E-state index contributed by atoms with van der Waals surface area (Å²) in [6, 6.07) is 5.79. The van der Waals surface area contributed by atoms with Crippen molar-refractivity contribution in [2.45, 2.75) is 32.2 Å². The van der Waals surface area contributed by atoms with Gasteiger partial charge in [-0.25, -0.2) is 0 Å². The van der Waals surface area contributed by atoms with Crippen molar-refractivity contribution in [2.24, 2.45) is 5.73 Å². The van der Waals surface area contributed by atoms with E-state index >= 15 is 0 Å². The molecule has 19 heavy (non-hydrogen) atoms. The molecule has 0 fully saturated rings. The highest BCUT2D eigenvalue weighted by Crippen LogP contribution is 2.31. The van der Waals surface area contributed by atoms with Gasteiger partial charge in [0.1, 0.15) is 0 Å². The Kier molecular flexibility index (Phi) is 4.43. The van der Waals surface area contributed by atoms with E-state index in [4.69, 9.17) is 10.3 Å². The first-order valence-corrected chi connectivity index (χ1v) is 7.67. The third-order valence-electron chi connectivity index (χ3n) is 3.29. The molecule has 102 valence electrons. The summed E-state index contributed by atoms with van der Waals surface area (Å²) in [5, 5.41) is 4.03. The number of hydrogen-bond donors (Lipinski definition) is 1. The van der Waals surface area contributed by atoms with Gasteiger partial charge in [0.15, 0.2) is 5.82 Å². The van der Waals surface area contributed by atoms with E-state index in [1.54, 1.807) is 0 Å². The molecule has 0 radical (unpaired) electrons. The molecule has 0 atom stereocenters. The number of benzene rings is 1. The second-order valence-electron chi connectivity index (χ2n) is 4.41. The van der Waals surface area contributed by atoms with Crippen LogP contribution >= 0.6 is 31.9 Å². The van der Waals surface area contributed by atoms with E-state index in [0.717, 1.165) is 27.4 Å². The van der Waals surface area contributed by atoms with Crippen molar-refractivity contribution in [1.29, 1.82) is 0 Å². The van der Waals surface area contributed by atoms with Gasteiger partial charge < -0.3 is 10.3 Å². The first-order valence-electron chi connectivity index (χ1n) is 6.08. The number of halogens is 2. The fraction of sp³-hybridized carbons (Fsp3) is 0.385. The fourth-order valence-electron chi connectivity index (χ4n) is 1.76. The van der Waals surface area contributed by atoms with Gasteiger partial charge in [0.2, 0.25) is 0 Å². The average Bonchev–Trinajstić information content (AvgIpc) is 2.88. The third kappa shape index (κ3) is 2.90. The summed E-state index contributed by atoms with van der Waals surface area (Å²) >= 11 is 6.90. The fourth-order valence-corrected chi connectivity index (χ4v) is 2.98. The predicted octanol–water partition coefficient (Wildman–Crippen LogP) is 4.24. The number of rotatable bonds is 4. The molecule has 0 aliphatic heterocycles. The Morgan fingerprint density at radius 3 is 2.53 bits per heavy atom. The van der Waals surface area contributed by atoms with Crippen LogP contribution in [0.5, 0.6) is 0 Å². The van der Waals surface area contributed by atoms with Gasteiger partial charge in [-0.15, -0.1) is 0 Å². The van der Waals surface area contributed by atoms with Crippen LogP contribution in [0.15, 0.2) is 31.7 Å². The molecule has 2 rings (SSSR count). The van der Waals surface area contributed by atoms with Crippen LogP contribution in [0.2, 0.25) is 0 Å². The monoisotopic (exact) mass is 387 g/mol. The number of nitrogens with zero attached hydrogens (tertiary/aromatic N) is 2. The summed E-state index contributed by atoms with van der Waals surface area (Å²) in [5.41, 5.74) is 6.60. The molecule has 1 heterocycles. The molecule has 2 N–H and O–H groups in total. The van der Waals surface area contributed by atoms with Gasteiger partial charge in [-0.3, -0.25) is 0 Å². The van der Waals surface area contributed by atoms with Crippen LogP contribution in [-0.4, -0.2) is 10.1 Å². The van der Waals surface area contributed by atoms with E-state index in [0.29, 0.717) is 11.7 Å². The van der Waals surface area contributed by atoms with Crippen LogP contribution < -0.4 is 5.73 Å². The van der Waals surface area contributed by atoms with Gasteiger partial charge in [0.05, 0.1) is 11.1 Å². The predicted molar refractivity (Wildman–Crippen MR) is 81.6 cm³/mol. The maximum absolute atomic E-state index is 6.27. The summed E-state index contributed by atoms with van der Waals surface area (Å²) in [4.78, 5) is 4.44. The van der Waals surface area contributed by atoms with Gasteiger partial charge in [-0.05, 0) is 47.0 Å². The molecule has 0 aliphatic carbocycles. The molecule has 0 bridgehead atoms. The van der Waals surface area contributed by atoms with Crippen molar-refractivity contribution < 1.29 is 4.52 Å². The summed E-state index contributed by atoms with van der Waals surface area (Å²) < 4.78 is 7.22. The zero-order chi connectivity index (χ0) is 14.0. The van der Waals surface area contributed by atoms with Crippen LogP contribution in [0, 0.1) is 0 Å². The Morgan fingerprint density at radius 2 is 1.95 bits per heavy atom. The minimum atomic E-state index is -0.524. The van der Waals surface area contributed by atoms with Crippen LogP contribution in [0.3, 0.4) is 0 Å². The number of hydrogen-bond acceptors (Lipinski definition) is 4. The average molecular weight is 389 g/mol. The maximum atomic E-state index is 6.27. The molecule has 1 aromatic carbocycles. The topological polar surface area (TPSA) is 64.9 Å². The Balaban J connectivity index is 2.41. The Labute approximate surface area is 129 Å². The number of nitrogens with two attached hydrogens (primary N) is 1. The quantitative estimate of drug-likeness (QED) is 0.850. The molecule has 0 spiro atoms. The molecule has 6 heteroatoms. The lowest BCUT2D eigenvalue weighted by molar-refractivity contribution is 0.350. The van der Waals surface area contributed by atoms with Crippen molar-refractivity contribution in [3.05, 3.63) is 33.0 Å². The Morgan fingerprint density at radius 1 is 1.26 bits per heavy atom. The Hall–Kier alpha value is -0.720. The van der Waals surface area contributed by atoms with E-state index in [2.05, 4.69) is 42.0 Å². The van der Waals surface area contributed by atoms with Gasteiger partial charge in [-0.1, -0.05) is 34.9 Å². The highest BCUT2D eigenvalue weighted by Gasteiger charge is 2.29. The van der Waals surface area contributed by atoms with Crippen LogP contribution in [-0.2, 0) is 5.54 Å². The summed E-state index contributed by atoms with van der Waals surface area (Å²) in [5.74, 6) is 1.04. The first-order chi connectivity index (χ1) is 9.00. The van der Waals surface area contributed by atoms with E-state index < -0.39 is 5.54 Å². The molecule has 0 saturated heterocycles. The minimum Gasteiger partial charge on any atom is -0.334 e. The van der Waals surface area contributed by atoms with Crippen molar-refractivity contribution >= 4 is 31.9 Å². The molecule has 0 unspecified atom stereocenters. The van der Waals surface area contributed by atoms with Gasteiger partial charge in [0.25, 0.3) is 5.89 Å². The smallest absolute Gasteiger partial charge is 0.259 e. The van der Waals surface area contributed by atoms with Crippen molar-refractivity contribution in [3.8, 4) is 11.5 Å². The lowest BCUT2D eigenvalue weighted by Crippen LogP contribution is -2.36. The van der Waals surface area contributed by atoms with Crippen LogP contribution in [0.4, 0.5) is 0 Å². The highest BCUT2D eigenvalue weighted by atomic mass is 79.9. The van der Waals surface area contributed by atoms with Crippen molar-refractivity contribution in [1.82, 2.24) is 10.1 Å². The second kappa shape index (κ2) is 5.73. The lowest BCUT2D eigenvalue weighted by Gasteiger charge is -2.21. The molecule has 0 amide bonds. The molecular formula is C13H15Br2N3O. The second-order valence-corrected chi connectivity index (χ2v) is 6.18. The third-order valence-corrected chi connectivity index (χ3v) is 4.44. The molecule has 4 nitrogen and oxygen atoms in total. The van der Waals surface area contributed by atoms with Crippen LogP contribution in [0.25, 0.3) is 11.5 Å². The maximum Gasteiger partial charge on any atom is 0.259 e. The van der Waals surface area contributed by atoms with Gasteiger partial charge >= 0.3 is 0 Å². The minimum absolute atomic E-state index is 0.478. The van der Waals surface area contributed by atoms with E-state index in [-0.39, 0.29) is 0 Å². The normalized spacial score (nSPS) is 11.8. The van der Waals surface area contributed by atoms with Crippen molar-refractivity contribution in [3.63, 3.8) is 0 Å². The molecular weight excluding hydrogens is 374 g/mol. The molecule has 2 aromatic rings. The highest BCUT2D eigenvalue weighted by molar-refractivity contribution is 9.11. The van der Waals surface area contributed by atoms with E-state index in [1.807, 2.05) is 32.0 Å². The first kappa shape index (κ1) is 14.7. The number of aromatic nitrogens is 2. The SMILES string of the molecule is CCC(N)(CC)c1noc(-c2ccc(Br)cc2Br)n1. The summed E-state index contributed by atoms with van der Waals surface area (Å²) in [6.45, 7) is 4.05. The molecule has 1 aromatic heterocycles. The molecule has 0 aliphatic rings. The lowest BCUT2D eigenvalue weighted by atomic mass is 9.93. The standard InChI is InChI=1S/C13H15Br2N3O/c1-3-13(16,4-2)12-17-11(19-18-12)9-6-5-8(14)7-10(9)15/h5-7H,3-4,16H2,1-2H3. The summed E-state index contributed by atoms with van der Waals surface area (Å²) in [7, 11) is 0. The molecule has 0 saturated carbocycles. The van der Waals surface area contributed by atoms with E-state index in [1.165, 1.54) is 0 Å². The van der Waals surface area contributed by atoms with E-state index in [9.17, 15) is 0 Å².